The molecule has 0 saturated heterocycles. The van der Waals surface area contributed by atoms with Gasteiger partial charge in [0, 0.05) is 23.7 Å². The Hall–Kier alpha value is -2.76. The van der Waals surface area contributed by atoms with Gasteiger partial charge >= 0.3 is 0 Å². The van der Waals surface area contributed by atoms with Crippen molar-refractivity contribution in [2.45, 2.75) is 46.1 Å². The van der Waals surface area contributed by atoms with E-state index in [1.165, 1.54) is 38.7 Å². The number of hydrogen-bond donors (Lipinski definition) is 1. The van der Waals surface area contributed by atoms with Crippen molar-refractivity contribution in [3.05, 3.63) is 45.3 Å². The minimum atomic E-state index is -3.81. The predicted octanol–water partition coefficient (Wildman–Crippen LogP) is 3.14. The zero-order valence-corrected chi connectivity index (χ0v) is 21.0. The number of hydrogen-bond acceptors (Lipinski definition) is 7. The van der Waals surface area contributed by atoms with Crippen LogP contribution in [0.4, 0.5) is 5.69 Å². The van der Waals surface area contributed by atoms with E-state index < -0.39 is 15.9 Å². The van der Waals surface area contributed by atoms with Crippen molar-refractivity contribution in [1.29, 1.82) is 0 Å². The van der Waals surface area contributed by atoms with Crippen molar-refractivity contribution in [2.75, 3.05) is 25.0 Å². The van der Waals surface area contributed by atoms with Crippen LogP contribution >= 0.6 is 11.3 Å². The fourth-order valence-corrected chi connectivity index (χ4v) is 6.11. The fourth-order valence-electron chi connectivity index (χ4n) is 3.50. The Morgan fingerprint density at radius 1 is 1.21 bits per heavy atom. The Morgan fingerprint density at radius 2 is 1.91 bits per heavy atom. The Morgan fingerprint density at radius 3 is 2.55 bits per heavy atom. The summed E-state index contributed by atoms with van der Waals surface area (Å²) in [4.78, 5) is 31.5. The quantitative estimate of drug-likeness (QED) is 0.491. The van der Waals surface area contributed by atoms with Gasteiger partial charge in [-0.15, -0.1) is 11.3 Å². The maximum Gasteiger partial charge on any atom is 0.262 e. The first kappa shape index (κ1) is 24.9. The molecule has 3 aromatic rings. The molecule has 1 N–H and O–H groups in total. The Bertz CT molecular complexity index is 1340. The number of amides is 1. The highest BCUT2D eigenvalue weighted by Crippen LogP contribution is 2.30. The van der Waals surface area contributed by atoms with Crippen LogP contribution in [0.25, 0.3) is 10.2 Å². The van der Waals surface area contributed by atoms with Crippen molar-refractivity contribution in [3.8, 4) is 5.75 Å². The molecule has 0 aliphatic heterocycles. The van der Waals surface area contributed by atoms with Gasteiger partial charge in [0.15, 0.2) is 0 Å². The number of carbonyl (C=O) groups excluding carboxylic acids is 1. The summed E-state index contributed by atoms with van der Waals surface area (Å²) < 4.78 is 34.3. The summed E-state index contributed by atoms with van der Waals surface area (Å²) in [6.45, 7) is 9.73. The summed E-state index contributed by atoms with van der Waals surface area (Å²) in [6, 6.07) is 4.47. The van der Waals surface area contributed by atoms with Gasteiger partial charge < -0.3 is 10.1 Å². The molecular formula is C22H28N4O5S2. The first-order valence-electron chi connectivity index (χ1n) is 10.7. The summed E-state index contributed by atoms with van der Waals surface area (Å²) >= 11 is 1.44. The van der Waals surface area contributed by atoms with Crippen LogP contribution in [0.15, 0.2) is 34.2 Å². The van der Waals surface area contributed by atoms with Gasteiger partial charge in [0.2, 0.25) is 15.9 Å². The fraction of sp³-hybridized carbons (Fsp3) is 0.409. The minimum Gasteiger partial charge on any atom is -0.492 e. The summed E-state index contributed by atoms with van der Waals surface area (Å²) in [5.74, 6) is -0.255. The van der Waals surface area contributed by atoms with Gasteiger partial charge in [0.1, 0.15) is 22.0 Å². The van der Waals surface area contributed by atoms with Crippen molar-refractivity contribution in [3.63, 3.8) is 0 Å². The third-order valence-corrected chi connectivity index (χ3v) is 8.51. The molecule has 0 fully saturated rings. The average Bonchev–Trinajstić information content (AvgIpc) is 3.06. The largest absolute Gasteiger partial charge is 0.492 e. The molecular weight excluding hydrogens is 464 g/mol. The van der Waals surface area contributed by atoms with Crippen LogP contribution in [-0.2, 0) is 21.4 Å². The Kier molecular flexibility index (Phi) is 7.55. The van der Waals surface area contributed by atoms with E-state index >= 15 is 0 Å². The SMILES string of the molecule is CCOc1ccc(NC(=O)Cn2cnc3sc(C)c(C)c3c2=O)cc1S(=O)(=O)N(CC)CC. The number of nitrogens with one attached hydrogen (secondary N) is 1. The lowest BCUT2D eigenvalue weighted by molar-refractivity contribution is -0.116. The Labute approximate surface area is 197 Å². The van der Waals surface area contributed by atoms with Crippen molar-refractivity contribution in [2.24, 2.45) is 0 Å². The van der Waals surface area contributed by atoms with E-state index in [1.54, 1.807) is 26.8 Å². The molecule has 9 nitrogen and oxygen atoms in total. The average molecular weight is 493 g/mol. The number of thiophene rings is 1. The van der Waals surface area contributed by atoms with E-state index in [4.69, 9.17) is 4.74 Å². The van der Waals surface area contributed by atoms with Gasteiger partial charge in [-0.3, -0.25) is 14.2 Å². The molecule has 0 unspecified atom stereocenters. The van der Waals surface area contributed by atoms with Gasteiger partial charge in [-0.1, -0.05) is 13.8 Å². The second-order valence-corrected chi connectivity index (χ2v) is 10.5. The highest BCUT2D eigenvalue weighted by atomic mass is 32.2. The van der Waals surface area contributed by atoms with Crippen molar-refractivity contribution >= 4 is 43.2 Å². The third-order valence-electron chi connectivity index (χ3n) is 5.32. The van der Waals surface area contributed by atoms with Crippen LogP contribution in [0.2, 0.25) is 0 Å². The number of benzene rings is 1. The molecule has 1 aromatic carbocycles. The van der Waals surface area contributed by atoms with Crippen LogP contribution in [0, 0.1) is 13.8 Å². The summed E-state index contributed by atoms with van der Waals surface area (Å²) in [5, 5.41) is 3.20. The second-order valence-electron chi connectivity index (χ2n) is 7.37. The molecule has 0 spiro atoms. The first-order valence-corrected chi connectivity index (χ1v) is 12.9. The first-order chi connectivity index (χ1) is 15.6. The number of fused-ring (bicyclic) bond motifs is 1. The van der Waals surface area contributed by atoms with E-state index in [2.05, 4.69) is 10.3 Å². The van der Waals surface area contributed by atoms with Crippen LogP contribution in [0.5, 0.6) is 5.75 Å². The van der Waals surface area contributed by atoms with Crippen molar-refractivity contribution < 1.29 is 17.9 Å². The highest BCUT2D eigenvalue weighted by molar-refractivity contribution is 7.89. The van der Waals surface area contributed by atoms with Gasteiger partial charge in [-0.05, 0) is 44.5 Å². The molecule has 0 radical (unpaired) electrons. The number of carbonyl (C=O) groups is 1. The number of anilines is 1. The number of sulfonamides is 1. The molecule has 1 amide bonds. The smallest absolute Gasteiger partial charge is 0.262 e. The number of nitrogens with zero attached hydrogens (tertiary/aromatic N) is 3. The number of aryl methyl sites for hydroxylation is 2. The van der Waals surface area contributed by atoms with Crippen LogP contribution < -0.4 is 15.6 Å². The van der Waals surface area contributed by atoms with Crippen molar-refractivity contribution in [1.82, 2.24) is 13.9 Å². The van der Waals surface area contributed by atoms with Crippen LogP contribution in [-0.4, -0.2) is 47.9 Å². The standard InChI is InChI=1S/C22H28N4O5S2/c1-6-26(7-2)33(29,30)18-11-16(9-10-17(18)31-8-3)24-19(27)12-25-13-23-21-20(22(25)28)14(4)15(5)32-21/h9-11,13H,6-8,12H2,1-5H3,(H,24,27). The lowest BCUT2D eigenvalue weighted by Crippen LogP contribution is -2.31. The molecule has 33 heavy (non-hydrogen) atoms. The van der Waals surface area contributed by atoms with Crippen LogP contribution in [0.3, 0.4) is 0 Å². The number of ether oxygens (including phenoxy) is 1. The molecule has 2 heterocycles. The topological polar surface area (TPSA) is 111 Å². The van der Waals surface area contributed by atoms with E-state index in [0.717, 1.165) is 10.4 Å². The molecule has 178 valence electrons. The van der Waals surface area contributed by atoms with E-state index in [9.17, 15) is 18.0 Å². The maximum absolute atomic E-state index is 13.1. The highest BCUT2D eigenvalue weighted by Gasteiger charge is 2.26. The molecule has 3 rings (SSSR count). The number of aromatic nitrogens is 2. The van der Waals surface area contributed by atoms with Crippen LogP contribution in [0.1, 0.15) is 31.2 Å². The normalized spacial score (nSPS) is 11.8. The summed E-state index contributed by atoms with van der Waals surface area (Å²) in [7, 11) is -3.81. The van der Waals surface area contributed by atoms with E-state index in [0.29, 0.717) is 35.6 Å². The number of rotatable bonds is 9. The zero-order valence-electron chi connectivity index (χ0n) is 19.3. The minimum absolute atomic E-state index is 0.0181. The molecule has 0 aliphatic carbocycles. The molecule has 0 aliphatic rings. The third kappa shape index (κ3) is 4.94. The van der Waals surface area contributed by atoms with Gasteiger partial charge in [0.25, 0.3) is 5.56 Å². The maximum atomic E-state index is 13.1. The lowest BCUT2D eigenvalue weighted by Gasteiger charge is -2.21. The zero-order chi connectivity index (χ0) is 24.3. The monoisotopic (exact) mass is 492 g/mol. The molecule has 2 aromatic heterocycles. The molecule has 11 heteroatoms. The molecule has 0 bridgehead atoms. The van der Waals surface area contributed by atoms with E-state index in [1.807, 2.05) is 13.8 Å². The predicted molar refractivity (Wildman–Crippen MR) is 130 cm³/mol. The molecule has 0 atom stereocenters. The molecule has 0 saturated carbocycles. The summed E-state index contributed by atoms with van der Waals surface area (Å²) in [5.41, 5.74) is 0.868. The van der Waals surface area contributed by atoms with Gasteiger partial charge in [-0.25, -0.2) is 13.4 Å². The van der Waals surface area contributed by atoms with Gasteiger partial charge in [-0.2, -0.15) is 4.31 Å². The lowest BCUT2D eigenvalue weighted by atomic mass is 10.2. The van der Waals surface area contributed by atoms with E-state index in [-0.39, 0.29) is 22.7 Å². The summed E-state index contributed by atoms with van der Waals surface area (Å²) in [6.07, 6.45) is 1.36. The Balaban J connectivity index is 1.90. The second kappa shape index (κ2) is 10.0. The van der Waals surface area contributed by atoms with Gasteiger partial charge in [0.05, 0.1) is 18.3 Å².